The average molecular weight is 297 g/mol. The highest BCUT2D eigenvalue weighted by Gasteiger charge is 2.37. The van der Waals surface area contributed by atoms with Gasteiger partial charge in [-0.3, -0.25) is 9.69 Å². The van der Waals surface area contributed by atoms with E-state index in [0.717, 1.165) is 5.56 Å². The van der Waals surface area contributed by atoms with Gasteiger partial charge in [0.15, 0.2) is 0 Å². The Kier molecular flexibility index (Phi) is 3.55. The smallest absolute Gasteiger partial charge is 0.327 e. The minimum Gasteiger partial charge on any atom is -0.497 e. The van der Waals surface area contributed by atoms with E-state index >= 15 is 0 Å². The molecule has 3 rings (SSSR count). The van der Waals surface area contributed by atoms with Crippen molar-refractivity contribution < 1.29 is 19.4 Å². The summed E-state index contributed by atoms with van der Waals surface area (Å²) in [5, 5.41) is 9.50. The predicted molar refractivity (Wildman–Crippen MR) is 81.4 cm³/mol. The van der Waals surface area contributed by atoms with Gasteiger partial charge in [-0.1, -0.05) is 18.2 Å². The van der Waals surface area contributed by atoms with E-state index in [4.69, 9.17) is 4.74 Å². The van der Waals surface area contributed by atoms with Gasteiger partial charge in [-0.15, -0.1) is 0 Å². The molecule has 2 aromatic carbocycles. The Morgan fingerprint density at radius 1 is 1.18 bits per heavy atom. The van der Waals surface area contributed by atoms with Crippen molar-refractivity contribution >= 4 is 17.6 Å². The lowest BCUT2D eigenvalue weighted by Crippen LogP contribution is -2.50. The topological polar surface area (TPSA) is 66.8 Å². The molecule has 0 spiro atoms. The molecule has 0 saturated carbocycles. The SMILES string of the molecule is COc1ccc(N2C(=O)c3ccccc3CC2C(=O)O)cc1. The molecule has 0 saturated heterocycles. The Hall–Kier alpha value is -2.82. The molecule has 112 valence electrons. The highest BCUT2D eigenvalue weighted by atomic mass is 16.5. The number of ether oxygens (including phenoxy) is 1. The first-order valence-corrected chi connectivity index (χ1v) is 6.90. The molecule has 0 radical (unpaired) electrons. The minimum atomic E-state index is -1.02. The molecule has 0 aliphatic carbocycles. The van der Waals surface area contributed by atoms with Crippen LogP contribution in [-0.4, -0.2) is 30.1 Å². The highest BCUT2D eigenvalue weighted by Crippen LogP contribution is 2.29. The number of hydrogen-bond donors (Lipinski definition) is 1. The van der Waals surface area contributed by atoms with Crippen LogP contribution in [0.25, 0.3) is 0 Å². The Morgan fingerprint density at radius 3 is 2.50 bits per heavy atom. The number of rotatable bonds is 3. The van der Waals surface area contributed by atoms with Crippen LogP contribution in [0.1, 0.15) is 15.9 Å². The summed E-state index contributed by atoms with van der Waals surface area (Å²) in [7, 11) is 1.55. The minimum absolute atomic E-state index is 0.292. The van der Waals surface area contributed by atoms with Gasteiger partial charge in [0.2, 0.25) is 0 Å². The van der Waals surface area contributed by atoms with Crippen LogP contribution in [0.5, 0.6) is 5.75 Å². The first kappa shape index (κ1) is 14.1. The van der Waals surface area contributed by atoms with E-state index in [1.807, 2.05) is 6.07 Å². The number of hydrogen-bond acceptors (Lipinski definition) is 3. The zero-order chi connectivity index (χ0) is 15.7. The molecule has 0 fully saturated rings. The fourth-order valence-corrected chi connectivity index (χ4v) is 2.72. The molecule has 1 aliphatic rings. The zero-order valence-corrected chi connectivity index (χ0v) is 12.0. The number of nitrogens with zero attached hydrogens (tertiary/aromatic N) is 1. The molecule has 5 heteroatoms. The van der Waals surface area contributed by atoms with Crippen molar-refractivity contribution in [2.75, 3.05) is 12.0 Å². The molecule has 1 aliphatic heterocycles. The van der Waals surface area contributed by atoms with Gasteiger partial charge in [0.05, 0.1) is 7.11 Å². The fraction of sp³-hybridized carbons (Fsp3) is 0.176. The fourth-order valence-electron chi connectivity index (χ4n) is 2.72. The highest BCUT2D eigenvalue weighted by molar-refractivity contribution is 6.11. The lowest BCUT2D eigenvalue weighted by Gasteiger charge is -2.34. The molecule has 1 amide bonds. The van der Waals surface area contributed by atoms with Gasteiger partial charge in [-0.05, 0) is 35.9 Å². The van der Waals surface area contributed by atoms with Gasteiger partial charge in [0, 0.05) is 17.7 Å². The molecule has 0 bridgehead atoms. The summed E-state index contributed by atoms with van der Waals surface area (Å²) in [6, 6.07) is 13.0. The molecular formula is C17H15NO4. The summed E-state index contributed by atoms with van der Waals surface area (Å²) in [4.78, 5) is 25.7. The van der Waals surface area contributed by atoms with E-state index in [1.54, 1.807) is 49.6 Å². The Labute approximate surface area is 127 Å². The van der Waals surface area contributed by atoms with Crippen molar-refractivity contribution in [1.82, 2.24) is 0 Å². The van der Waals surface area contributed by atoms with Crippen molar-refractivity contribution in [3.05, 3.63) is 59.7 Å². The first-order valence-electron chi connectivity index (χ1n) is 6.90. The van der Waals surface area contributed by atoms with Gasteiger partial charge < -0.3 is 9.84 Å². The molecule has 1 unspecified atom stereocenters. The lowest BCUT2D eigenvalue weighted by atomic mass is 9.93. The first-order chi connectivity index (χ1) is 10.6. The van der Waals surface area contributed by atoms with Crippen molar-refractivity contribution in [1.29, 1.82) is 0 Å². The maximum absolute atomic E-state index is 12.7. The third-order valence-corrected chi connectivity index (χ3v) is 3.83. The number of aliphatic carboxylic acids is 1. The average Bonchev–Trinajstić information content (AvgIpc) is 2.55. The third-order valence-electron chi connectivity index (χ3n) is 3.83. The molecule has 1 atom stereocenters. The third kappa shape index (κ3) is 2.30. The van der Waals surface area contributed by atoms with E-state index in [1.165, 1.54) is 4.90 Å². The van der Waals surface area contributed by atoms with Crippen LogP contribution in [-0.2, 0) is 11.2 Å². The van der Waals surface area contributed by atoms with Crippen LogP contribution in [0.15, 0.2) is 48.5 Å². The Bertz CT molecular complexity index is 724. The van der Waals surface area contributed by atoms with E-state index < -0.39 is 12.0 Å². The van der Waals surface area contributed by atoms with Crippen LogP contribution < -0.4 is 9.64 Å². The molecule has 2 aromatic rings. The quantitative estimate of drug-likeness (QED) is 0.944. The monoisotopic (exact) mass is 297 g/mol. The standard InChI is InChI=1S/C17H15NO4/c1-22-13-8-6-12(7-9-13)18-15(17(20)21)10-11-4-2-3-5-14(11)16(18)19/h2-9,15H,10H2,1H3,(H,20,21). The van der Waals surface area contributed by atoms with Crippen LogP contribution in [0.4, 0.5) is 5.69 Å². The second kappa shape index (κ2) is 5.52. The number of fused-ring (bicyclic) bond motifs is 1. The Morgan fingerprint density at radius 2 is 1.86 bits per heavy atom. The van der Waals surface area contributed by atoms with Gasteiger partial charge in [-0.2, -0.15) is 0 Å². The van der Waals surface area contributed by atoms with Crippen molar-refractivity contribution in [3.63, 3.8) is 0 Å². The van der Waals surface area contributed by atoms with E-state index in [9.17, 15) is 14.7 Å². The van der Waals surface area contributed by atoms with Crippen LogP contribution >= 0.6 is 0 Å². The van der Waals surface area contributed by atoms with Gasteiger partial charge in [-0.25, -0.2) is 4.79 Å². The van der Waals surface area contributed by atoms with Gasteiger partial charge >= 0.3 is 5.97 Å². The number of methoxy groups -OCH3 is 1. The zero-order valence-electron chi connectivity index (χ0n) is 12.0. The van der Waals surface area contributed by atoms with Crippen LogP contribution in [0, 0.1) is 0 Å². The van der Waals surface area contributed by atoms with Gasteiger partial charge in [0.25, 0.3) is 5.91 Å². The molecule has 5 nitrogen and oxygen atoms in total. The summed E-state index contributed by atoms with van der Waals surface area (Å²) >= 11 is 0. The normalized spacial score (nSPS) is 17.0. The number of carbonyl (C=O) groups is 2. The number of carboxylic acid groups (broad SMARTS) is 1. The summed E-state index contributed by atoms with van der Waals surface area (Å²) < 4.78 is 5.09. The number of benzene rings is 2. The van der Waals surface area contributed by atoms with Crippen molar-refractivity contribution in [3.8, 4) is 5.75 Å². The number of carbonyl (C=O) groups excluding carboxylic acids is 1. The summed E-state index contributed by atoms with van der Waals surface area (Å²) in [6.45, 7) is 0. The van der Waals surface area contributed by atoms with Crippen LogP contribution in [0.2, 0.25) is 0 Å². The lowest BCUT2D eigenvalue weighted by molar-refractivity contribution is -0.138. The predicted octanol–water partition coefficient (Wildman–Crippen LogP) is 2.35. The second-order valence-electron chi connectivity index (χ2n) is 5.09. The van der Waals surface area contributed by atoms with E-state index in [2.05, 4.69) is 0 Å². The second-order valence-corrected chi connectivity index (χ2v) is 5.09. The molecule has 0 aromatic heterocycles. The maximum Gasteiger partial charge on any atom is 0.327 e. The summed E-state index contributed by atoms with van der Waals surface area (Å²) in [5.41, 5.74) is 1.87. The Balaban J connectivity index is 2.06. The number of amides is 1. The largest absolute Gasteiger partial charge is 0.497 e. The van der Waals surface area contributed by atoms with Gasteiger partial charge in [0.1, 0.15) is 11.8 Å². The van der Waals surface area contributed by atoms with E-state index in [-0.39, 0.29) is 5.91 Å². The number of anilines is 1. The molecule has 1 heterocycles. The van der Waals surface area contributed by atoms with Crippen molar-refractivity contribution in [2.45, 2.75) is 12.5 Å². The van der Waals surface area contributed by atoms with Crippen LogP contribution in [0.3, 0.4) is 0 Å². The maximum atomic E-state index is 12.7. The van der Waals surface area contributed by atoms with Crippen molar-refractivity contribution in [2.24, 2.45) is 0 Å². The molecule has 1 N–H and O–H groups in total. The summed E-state index contributed by atoms with van der Waals surface area (Å²) in [6.07, 6.45) is 0.295. The summed E-state index contributed by atoms with van der Waals surface area (Å²) in [5.74, 6) is -0.654. The van der Waals surface area contributed by atoms with E-state index in [0.29, 0.717) is 23.4 Å². The molecule has 22 heavy (non-hydrogen) atoms. The molecular weight excluding hydrogens is 282 g/mol. The number of carboxylic acids is 1.